The van der Waals surface area contributed by atoms with E-state index in [1.807, 2.05) is 18.2 Å². The summed E-state index contributed by atoms with van der Waals surface area (Å²) in [5, 5.41) is 5.90. The quantitative estimate of drug-likeness (QED) is 0.765. The van der Waals surface area contributed by atoms with Gasteiger partial charge in [0.1, 0.15) is 6.54 Å². The van der Waals surface area contributed by atoms with Crippen molar-refractivity contribution in [2.45, 2.75) is 6.54 Å². The highest BCUT2D eigenvalue weighted by Crippen LogP contribution is 2.17. The third-order valence-electron chi connectivity index (χ3n) is 3.85. The fourth-order valence-corrected chi connectivity index (χ4v) is 2.69. The zero-order valence-electron chi connectivity index (χ0n) is 13.7. The lowest BCUT2D eigenvalue weighted by Gasteiger charge is -2.13. The van der Waals surface area contributed by atoms with Gasteiger partial charge in [-0.15, -0.1) is 0 Å². The van der Waals surface area contributed by atoms with Gasteiger partial charge in [-0.3, -0.25) is 19.0 Å². The van der Waals surface area contributed by atoms with Crippen molar-refractivity contribution in [1.82, 2.24) is 9.88 Å². The van der Waals surface area contributed by atoms with Crippen molar-refractivity contribution < 1.29 is 9.59 Å². The molecule has 0 unspecified atom stereocenters. The van der Waals surface area contributed by atoms with Crippen LogP contribution in [-0.4, -0.2) is 23.4 Å². The van der Waals surface area contributed by atoms with Gasteiger partial charge in [0.25, 0.3) is 11.5 Å². The molecule has 0 bridgehead atoms. The molecule has 0 aliphatic carbocycles. The largest absolute Gasteiger partial charge is 0.355 e. The van der Waals surface area contributed by atoms with Gasteiger partial charge in [0.05, 0.1) is 11.1 Å². The Morgan fingerprint density at radius 1 is 1.00 bits per heavy atom. The Balaban J connectivity index is 1.99. The Labute approximate surface area is 144 Å². The first kappa shape index (κ1) is 16.4. The summed E-state index contributed by atoms with van der Waals surface area (Å²) < 4.78 is 1.36. The van der Waals surface area contributed by atoms with Crippen LogP contribution in [0.2, 0.25) is 0 Å². The maximum atomic E-state index is 12.5. The lowest BCUT2D eigenvalue weighted by atomic mass is 10.1. The van der Waals surface area contributed by atoms with Gasteiger partial charge in [0.2, 0.25) is 5.91 Å². The summed E-state index contributed by atoms with van der Waals surface area (Å²) in [6.07, 6.45) is 0. The van der Waals surface area contributed by atoms with E-state index in [1.54, 1.807) is 36.4 Å². The van der Waals surface area contributed by atoms with Crippen LogP contribution in [-0.2, 0) is 11.3 Å². The van der Waals surface area contributed by atoms with Gasteiger partial charge < -0.3 is 10.6 Å². The van der Waals surface area contributed by atoms with Crippen molar-refractivity contribution >= 4 is 28.4 Å². The van der Waals surface area contributed by atoms with E-state index in [1.165, 1.54) is 17.7 Å². The smallest absolute Gasteiger partial charge is 0.252 e. The highest BCUT2D eigenvalue weighted by Gasteiger charge is 2.15. The van der Waals surface area contributed by atoms with Crippen LogP contribution in [0.25, 0.3) is 10.9 Å². The van der Waals surface area contributed by atoms with Crippen LogP contribution in [0.1, 0.15) is 10.4 Å². The average molecular weight is 335 g/mol. The Morgan fingerprint density at radius 3 is 2.40 bits per heavy atom. The molecule has 0 fully saturated rings. The van der Waals surface area contributed by atoms with Crippen molar-refractivity contribution in [3.63, 3.8) is 0 Å². The van der Waals surface area contributed by atoms with Crippen LogP contribution in [0, 0.1) is 0 Å². The zero-order chi connectivity index (χ0) is 17.8. The van der Waals surface area contributed by atoms with Crippen LogP contribution in [0.4, 0.5) is 5.69 Å². The molecule has 2 amide bonds. The van der Waals surface area contributed by atoms with E-state index in [4.69, 9.17) is 0 Å². The van der Waals surface area contributed by atoms with Crippen LogP contribution in [0.5, 0.6) is 0 Å². The highest BCUT2D eigenvalue weighted by molar-refractivity contribution is 6.06. The maximum Gasteiger partial charge on any atom is 0.252 e. The van der Waals surface area contributed by atoms with Gasteiger partial charge >= 0.3 is 0 Å². The number of hydrogen-bond acceptors (Lipinski definition) is 3. The second-order valence-corrected chi connectivity index (χ2v) is 5.49. The Morgan fingerprint density at radius 2 is 1.68 bits per heavy atom. The molecule has 3 rings (SSSR count). The monoisotopic (exact) mass is 335 g/mol. The molecule has 1 aromatic heterocycles. The average Bonchev–Trinajstić information content (AvgIpc) is 2.64. The number of nitrogens with zero attached hydrogens (tertiary/aromatic N) is 1. The molecule has 0 saturated heterocycles. The van der Waals surface area contributed by atoms with Gasteiger partial charge in [-0.25, -0.2) is 0 Å². The fraction of sp³-hybridized carbons (Fsp3) is 0.105. The molecular formula is C19H17N3O3. The Bertz CT molecular complexity index is 994. The third kappa shape index (κ3) is 3.42. The molecule has 0 aliphatic heterocycles. The zero-order valence-corrected chi connectivity index (χ0v) is 13.7. The van der Waals surface area contributed by atoms with Crippen LogP contribution in [0.15, 0.2) is 65.5 Å². The molecule has 126 valence electrons. The first-order chi connectivity index (χ1) is 12.1. The van der Waals surface area contributed by atoms with E-state index < -0.39 is 5.56 Å². The SMILES string of the molecule is CNC(=O)c1cc(=O)n(CC(=O)Nc2ccccc2)c2ccccc12. The first-order valence-electron chi connectivity index (χ1n) is 7.79. The summed E-state index contributed by atoms with van der Waals surface area (Å²) in [5.41, 5.74) is 1.09. The molecule has 0 spiro atoms. The fourth-order valence-electron chi connectivity index (χ4n) is 2.69. The Kier molecular flexibility index (Phi) is 4.61. The topological polar surface area (TPSA) is 80.2 Å². The minimum absolute atomic E-state index is 0.137. The van der Waals surface area contributed by atoms with E-state index in [2.05, 4.69) is 10.6 Å². The molecule has 0 aliphatic rings. The summed E-state index contributed by atoms with van der Waals surface area (Å²) >= 11 is 0. The lowest BCUT2D eigenvalue weighted by Crippen LogP contribution is -2.30. The van der Waals surface area contributed by atoms with E-state index in [-0.39, 0.29) is 18.4 Å². The normalized spacial score (nSPS) is 10.4. The molecule has 6 heteroatoms. The van der Waals surface area contributed by atoms with Gasteiger partial charge in [-0.05, 0) is 18.2 Å². The van der Waals surface area contributed by atoms with E-state index >= 15 is 0 Å². The van der Waals surface area contributed by atoms with Crippen molar-refractivity contribution in [3.8, 4) is 0 Å². The lowest BCUT2D eigenvalue weighted by molar-refractivity contribution is -0.116. The van der Waals surface area contributed by atoms with Crippen molar-refractivity contribution in [2.75, 3.05) is 12.4 Å². The molecule has 6 nitrogen and oxygen atoms in total. The van der Waals surface area contributed by atoms with Crippen LogP contribution >= 0.6 is 0 Å². The predicted octanol–water partition coefficient (Wildman–Crippen LogP) is 2.00. The van der Waals surface area contributed by atoms with Crippen molar-refractivity contribution in [1.29, 1.82) is 0 Å². The summed E-state index contributed by atoms with van der Waals surface area (Å²) in [6, 6.07) is 17.3. The molecule has 25 heavy (non-hydrogen) atoms. The number of aromatic nitrogens is 1. The second-order valence-electron chi connectivity index (χ2n) is 5.49. The minimum atomic E-state index is -0.402. The van der Waals surface area contributed by atoms with Crippen LogP contribution < -0.4 is 16.2 Å². The minimum Gasteiger partial charge on any atom is -0.355 e. The molecule has 0 atom stereocenters. The highest BCUT2D eigenvalue weighted by atomic mass is 16.2. The number of rotatable bonds is 4. The molecule has 3 aromatic rings. The first-order valence-corrected chi connectivity index (χ1v) is 7.79. The van der Waals surface area contributed by atoms with Crippen molar-refractivity contribution in [3.05, 3.63) is 76.6 Å². The number of anilines is 1. The number of carbonyl (C=O) groups is 2. The van der Waals surface area contributed by atoms with Crippen molar-refractivity contribution in [2.24, 2.45) is 0 Å². The third-order valence-corrected chi connectivity index (χ3v) is 3.85. The number of carbonyl (C=O) groups excluding carboxylic acids is 2. The van der Waals surface area contributed by atoms with Gasteiger partial charge in [0.15, 0.2) is 0 Å². The molecule has 0 saturated carbocycles. The molecule has 1 heterocycles. The summed E-state index contributed by atoms with van der Waals surface area (Å²) in [6.45, 7) is -0.137. The number of hydrogen-bond donors (Lipinski definition) is 2. The Hall–Kier alpha value is -3.41. The standard InChI is InChI=1S/C19H17N3O3/c1-20-19(25)15-11-18(24)22(16-10-6-5-9-14(15)16)12-17(23)21-13-7-3-2-4-8-13/h2-11H,12H2,1H3,(H,20,25)(H,21,23). The van der Waals surface area contributed by atoms with Crippen LogP contribution in [0.3, 0.4) is 0 Å². The molecule has 0 radical (unpaired) electrons. The summed E-state index contributed by atoms with van der Waals surface area (Å²) in [5.74, 6) is -0.652. The number of fused-ring (bicyclic) bond motifs is 1. The number of nitrogens with one attached hydrogen (secondary N) is 2. The maximum absolute atomic E-state index is 12.5. The summed E-state index contributed by atoms with van der Waals surface area (Å²) in [4.78, 5) is 36.8. The molecule has 2 N–H and O–H groups in total. The number of benzene rings is 2. The number of pyridine rings is 1. The van der Waals surface area contributed by atoms with Gasteiger partial charge in [-0.1, -0.05) is 36.4 Å². The van der Waals surface area contributed by atoms with Gasteiger partial charge in [-0.2, -0.15) is 0 Å². The van der Waals surface area contributed by atoms with E-state index in [9.17, 15) is 14.4 Å². The number of amides is 2. The van der Waals surface area contributed by atoms with E-state index in [0.29, 0.717) is 22.2 Å². The summed E-state index contributed by atoms with van der Waals surface area (Å²) in [7, 11) is 1.51. The molecular weight excluding hydrogens is 318 g/mol. The predicted molar refractivity (Wildman–Crippen MR) is 96.7 cm³/mol. The van der Waals surface area contributed by atoms with Gasteiger partial charge in [0, 0.05) is 24.2 Å². The number of para-hydroxylation sites is 2. The molecule has 2 aromatic carbocycles. The second kappa shape index (κ2) is 7.00. The van der Waals surface area contributed by atoms with E-state index in [0.717, 1.165) is 0 Å².